The summed E-state index contributed by atoms with van der Waals surface area (Å²) < 4.78 is 36.3. The number of epoxide rings is 1. The Bertz CT molecular complexity index is 365. The molecule has 2 rings (SSSR count). The predicted octanol–water partition coefficient (Wildman–Crippen LogP) is 2.43. The third-order valence-electron chi connectivity index (χ3n) is 2.29. The number of rotatable bonds is 2. The molecule has 0 bridgehead atoms. The number of hydrogen-bond acceptors (Lipinski definition) is 2. The van der Waals surface area contributed by atoms with Crippen molar-refractivity contribution in [2.75, 3.05) is 7.11 Å². The van der Waals surface area contributed by atoms with Crippen LogP contribution in [-0.2, 0) is 4.74 Å². The van der Waals surface area contributed by atoms with Gasteiger partial charge in [-0.25, -0.2) is 8.78 Å². The lowest BCUT2D eigenvalue weighted by molar-refractivity contribution is 0.368. The molecule has 1 saturated heterocycles. The summed E-state index contributed by atoms with van der Waals surface area (Å²) in [4.78, 5) is 0. The highest BCUT2D eigenvalue weighted by Gasteiger charge is 2.38. The molecule has 0 saturated carbocycles. The number of hydrogen-bond donors (Lipinski definition) is 0. The quantitative estimate of drug-likeness (QED) is 0.684. The van der Waals surface area contributed by atoms with Crippen LogP contribution in [0.15, 0.2) is 12.1 Å². The van der Waals surface area contributed by atoms with Crippen molar-refractivity contribution >= 4 is 0 Å². The molecule has 0 radical (unpaired) electrons. The Morgan fingerprint density at radius 1 is 1.29 bits per heavy atom. The van der Waals surface area contributed by atoms with Gasteiger partial charge >= 0.3 is 0 Å². The van der Waals surface area contributed by atoms with Crippen molar-refractivity contribution in [3.05, 3.63) is 29.3 Å². The second kappa shape index (κ2) is 3.20. The van der Waals surface area contributed by atoms with E-state index in [9.17, 15) is 8.78 Å². The summed E-state index contributed by atoms with van der Waals surface area (Å²) >= 11 is 0. The van der Waals surface area contributed by atoms with Crippen LogP contribution in [0.4, 0.5) is 8.78 Å². The van der Waals surface area contributed by atoms with Gasteiger partial charge in [-0.05, 0) is 13.0 Å². The van der Waals surface area contributed by atoms with Gasteiger partial charge in [0.1, 0.15) is 11.9 Å². The van der Waals surface area contributed by atoms with Gasteiger partial charge in [-0.2, -0.15) is 0 Å². The molecule has 0 amide bonds. The molecule has 0 N–H and O–H groups in total. The number of halogens is 2. The van der Waals surface area contributed by atoms with Crippen LogP contribution in [0.5, 0.6) is 5.75 Å². The molecule has 1 fully saturated rings. The zero-order chi connectivity index (χ0) is 10.3. The highest BCUT2D eigenvalue weighted by atomic mass is 19.1. The van der Waals surface area contributed by atoms with Crippen molar-refractivity contribution in [3.8, 4) is 5.75 Å². The summed E-state index contributed by atoms with van der Waals surface area (Å²) in [6.07, 6.45) is -0.340. The first-order valence-corrected chi connectivity index (χ1v) is 4.32. The van der Waals surface area contributed by atoms with Crippen LogP contribution in [0.25, 0.3) is 0 Å². The Kier molecular flexibility index (Phi) is 2.15. The zero-order valence-electron chi connectivity index (χ0n) is 7.88. The molecule has 0 aliphatic carbocycles. The van der Waals surface area contributed by atoms with E-state index in [2.05, 4.69) is 4.74 Å². The topological polar surface area (TPSA) is 21.8 Å². The Morgan fingerprint density at radius 2 is 1.93 bits per heavy atom. The summed E-state index contributed by atoms with van der Waals surface area (Å²) in [6, 6.07) is 2.17. The van der Waals surface area contributed by atoms with Crippen LogP contribution >= 0.6 is 0 Å². The molecule has 2 nitrogen and oxygen atoms in total. The van der Waals surface area contributed by atoms with Gasteiger partial charge in [-0.1, -0.05) is 0 Å². The van der Waals surface area contributed by atoms with Crippen LogP contribution < -0.4 is 4.74 Å². The second-order valence-corrected chi connectivity index (χ2v) is 3.27. The first kappa shape index (κ1) is 9.40. The highest BCUT2D eigenvalue weighted by molar-refractivity contribution is 5.33. The van der Waals surface area contributed by atoms with Crippen LogP contribution in [0, 0.1) is 11.6 Å². The molecular formula is C10H10F2O2. The van der Waals surface area contributed by atoms with Gasteiger partial charge in [-0.15, -0.1) is 0 Å². The monoisotopic (exact) mass is 200 g/mol. The van der Waals surface area contributed by atoms with E-state index in [1.165, 1.54) is 7.11 Å². The van der Waals surface area contributed by atoms with Crippen molar-refractivity contribution in [2.24, 2.45) is 0 Å². The molecule has 14 heavy (non-hydrogen) atoms. The second-order valence-electron chi connectivity index (χ2n) is 3.27. The number of methoxy groups -OCH3 is 1. The van der Waals surface area contributed by atoms with E-state index in [1.807, 2.05) is 6.92 Å². The van der Waals surface area contributed by atoms with Crippen molar-refractivity contribution < 1.29 is 18.3 Å². The van der Waals surface area contributed by atoms with E-state index in [0.29, 0.717) is 0 Å². The summed E-state index contributed by atoms with van der Waals surface area (Å²) in [7, 11) is 1.30. The van der Waals surface area contributed by atoms with Crippen molar-refractivity contribution in [3.63, 3.8) is 0 Å². The molecule has 1 heterocycles. The average Bonchev–Trinajstić information content (AvgIpc) is 2.86. The molecule has 2 unspecified atom stereocenters. The normalized spacial score (nSPS) is 24.9. The fourth-order valence-electron chi connectivity index (χ4n) is 1.43. The minimum atomic E-state index is -0.563. The third kappa shape index (κ3) is 1.46. The summed E-state index contributed by atoms with van der Waals surface area (Å²) in [5, 5.41) is 0. The minimum absolute atomic E-state index is 0.0303. The van der Waals surface area contributed by atoms with E-state index in [4.69, 9.17) is 4.74 Å². The largest absolute Gasteiger partial charge is 0.494 e. The molecule has 4 heteroatoms. The standard InChI is InChI=1S/C10H10F2O2/c1-5-10(14-5)6-3-8(12)9(13-2)4-7(6)11/h3-5,10H,1-2H3. The van der Waals surface area contributed by atoms with Crippen molar-refractivity contribution in [1.29, 1.82) is 0 Å². The summed E-state index contributed by atoms with van der Waals surface area (Å²) in [5.74, 6) is -1.14. The van der Waals surface area contributed by atoms with E-state index < -0.39 is 11.6 Å². The highest BCUT2D eigenvalue weighted by Crippen LogP contribution is 2.40. The van der Waals surface area contributed by atoms with E-state index in [0.717, 1.165) is 12.1 Å². The van der Waals surface area contributed by atoms with Gasteiger partial charge in [0.05, 0.1) is 13.2 Å². The SMILES string of the molecule is COc1cc(F)c(C2OC2C)cc1F. The van der Waals surface area contributed by atoms with E-state index >= 15 is 0 Å². The smallest absolute Gasteiger partial charge is 0.165 e. The molecule has 1 aromatic rings. The molecule has 0 spiro atoms. The molecule has 1 aliphatic heterocycles. The Balaban J connectivity index is 2.38. The number of ether oxygens (including phenoxy) is 2. The van der Waals surface area contributed by atoms with Crippen molar-refractivity contribution in [2.45, 2.75) is 19.1 Å². The molecule has 0 aromatic heterocycles. The van der Waals surface area contributed by atoms with Gasteiger partial charge in [0.15, 0.2) is 11.6 Å². The van der Waals surface area contributed by atoms with Crippen LogP contribution in [0.2, 0.25) is 0 Å². The lowest BCUT2D eigenvalue weighted by atomic mass is 10.1. The minimum Gasteiger partial charge on any atom is -0.494 e. The lowest BCUT2D eigenvalue weighted by Crippen LogP contribution is -1.95. The predicted molar refractivity (Wildman–Crippen MR) is 46.2 cm³/mol. The van der Waals surface area contributed by atoms with Gasteiger partial charge < -0.3 is 9.47 Å². The fraction of sp³-hybridized carbons (Fsp3) is 0.400. The van der Waals surface area contributed by atoms with E-state index in [1.54, 1.807) is 0 Å². The molecule has 1 aliphatic rings. The average molecular weight is 200 g/mol. The van der Waals surface area contributed by atoms with Gasteiger partial charge in [-0.3, -0.25) is 0 Å². The molecule has 76 valence electrons. The van der Waals surface area contributed by atoms with Crippen molar-refractivity contribution in [1.82, 2.24) is 0 Å². The van der Waals surface area contributed by atoms with Crippen LogP contribution in [0.3, 0.4) is 0 Å². The molecule has 2 atom stereocenters. The van der Waals surface area contributed by atoms with Crippen LogP contribution in [-0.4, -0.2) is 13.2 Å². The Morgan fingerprint density at radius 3 is 2.43 bits per heavy atom. The molecule has 1 aromatic carbocycles. The third-order valence-corrected chi connectivity index (χ3v) is 2.29. The summed E-state index contributed by atoms with van der Waals surface area (Å²) in [6.45, 7) is 1.81. The van der Waals surface area contributed by atoms with Crippen LogP contribution in [0.1, 0.15) is 18.6 Å². The molecular weight excluding hydrogens is 190 g/mol. The maximum Gasteiger partial charge on any atom is 0.165 e. The summed E-state index contributed by atoms with van der Waals surface area (Å²) in [5.41, 5.74) is 0.260. The Labute approximate surface area is 80.4 Å². The first-order valence-electron chi connectivity index (χ1n) is 4.32. The van der Waals surface area contributed by atoms with Gasteiger partial charge in [0, 0.05) is 11.6 Å². The van der Waals surface area contributed by atoms with E-state index in [-0.39, 0.29) is 23.5 Å². The number of benzene rings is 1. The lowest BCUT2D eigenvalue weighted by Gasteiger charge is -2.04. The van der Waals surface area contributed by atoms with Gasteiger partial charge in [0.25, 0.3) is 0 Å². The van der Waals surface area contributed by atoms with Gasteiger partial charge in [0.2, 0.25) is 0 Å². The first-order chi connectivity index (χ1) is 6.63. The maximum absolute atomic E-state index is 13.4. The zero-order valence-corrected chi connectivity index (χ0v) is 7.88. The Hall–Kier alpha value is -1.16. The maximum atomic E-state index is 13.4. The fourth-order valence-corrected chi connectivity index (χ4v) is 1.43.